The van der Waals surface area contributed by atoms with E-state index in [1.807, 2.05) is 12.1 Å². The van der Waals surface area contributed by atoms with E-state index in [4.69, 9.17) is 4.74 Å². The number of hydrogen-bond acceptors (Lipinski definition) is 2. The van der Waals surface area contributed by atoms with Gasteiger partial charge in [0.25, 0.3) is 0 Å². The van der Waals surface area contributed by atoms with Crippen LogP contribution in [-0.2, 0) is 11.3 Å². The molecule has 1 N–H and O–H groups in total. The Labute approximate surface area is 114 Å². The molecule has 0 aromatic heterocycles. The Balaban J connectivity index is 1.53. The highest BCUT2D eigenvalue weighted by Crippen LogP contribution is 2.39. The minimum atomic E-state index is -0.167. The normalized spacial score (nSPS) is 25.8. The van der Waals surface area contributed by atoms with Crippen LogP contribution in [0, 0.1) is 5.82 Å². The average Bonchev–Trinajstić information content (AvgIpc) is 2.86. The maximum Gasteiger partial charge on any atom is 0.123 e. The molecule has 1 heterocycles. The van der Waals surface area contributed by atoms with E-state index in [0.29, 0.717) is 6.04 Å². The molecule has 1 aliphatic carbocycles. The highest BCUT2D eigenvalue weighted by molar-refractivity contribution is 5.15. The molecule has 1 saturated carbocycles. The second-order valence-corrected chi connectivity index (χ2v) is 5.94. The maximum atomic E-state index is 12.8. The van der Waals surface area contributed by atoms with Crippen molar-refractivity contribution in [3.63, 3.8) is 0 Å². The van der Waals surface area contributed by atoms with E-state index in [0.717, 1.165) is 31.6 Å². The second kappa shape index (κ2) is 5.59. The summed E-state index contributed by atoms with van der Waals surface area (Å²) in [6.45, 7) is 1.70. The first-order valence-corrected chi connectivity index (χ1v) is 7.38. The fourth-order valence-electron chi connectivity index (χ4n) is 3.43. The zero-order valence-electron chi connectivity index (χ0n) is 11.3. The number of hydrogen-bond donors (Lipinski definition) is 1. The molecule has 0 amide bonds. The molecule has 0 radical (unpaired) electrons. The van der Waals surface area contributed by atoms with Crippen LogP contribution < -0.4 is 5.32 Å². The standard InChI is InChI=1S/C16H22FNO/c17-14-5-3-13(4-6-14)12-18-15-7-10-19-16(11-15)8-1-2-9-16/h3-6,15,18H,1-2,7-12H2. The molecule has 1 aromatic carbocycles. The van der Waals surface area contributed by atoms with Crippen LogP contribution in [0.5, 0.6) is 0 Å². The Morgan fingerprint density at radius 3 is 2.68 bits per heavy atom. The molecule has 0 bridgehead atoms. The van der Waals surface area contributed by atoms with Crippen LogP contribution in [0.3, 0.4) is 0 Å². The summed E-state index contributed by atoms with van der Waals surface area (Å²) in [5.41, 5.74) is 1.31. The Morgan fingerprint density at radius 1 is 1.21 bits per heavy atom. The van der Waals surface area contributed by atoms with Gasteiger partial charge in [-0.05, 0) is 43.4 Å². The van der Waals surface area contributed by atoms with Crippen molar-refractivity contribution in [1.82, 2.24) is 5.32 Å². The van der Waals surface area contributed by atoms with Gasteiger partial charge in [0, 0.05) is 19.2 Å². The number of rotatable bonds is 3. The van der Waals surface area contributed by atoms with Crippen molar-refractivity contribution in [3.8, 4) is 0 Å². The Hall–Kier alpha value is -0.930. The van der Waals surface area contributed by atoms with Crippen LogP contribution in [-0.4, -0.2) is 18.2 Å². The number of ether oxygens (including phenoxy) is 1. The molecule has 1 spiro atoms. The Kier molecular flexibility index (Phi) is 3.85. The second-order valence-electron chi connectivity index (χ2n) is 5.94. The topological polar surface area (TPSA) is 21.3 Å². The summed E-state index contributed by atoms with van der Waals surface area (Å²) in [5.74, 6) is -0.167. The molecule has 1 unspecified atom stereocenters. The fourth-order valence-corrected chi connectivity index (χ4v) is 3.43. The minimum absolute atomic E-state index is 0.165. The molecular weight excluding hydrogens is 241 g/mol. The molecule has 19 heavy (non-hydrogen) atoms. The summed E-state index contributed by atoms with van der Waals surface area (Å²) in [7, 11) is 0. The molecule has 1 saturated heterocycles. The predicted octanol–water partition coefficient (Wildman–Crippen LogP) is 3.41. The van der Waals surface area contributed by atoms with Crippen molar-refractivity contribution in [2.24, 2.45) is 0 Å². The molecule has 1 aromatic rings. The molecule has 2 fully saturated rings. The SMILES string of the molecule is Fc1ccc(CNC2CCOC3(CCCC3)C2)cc1. The summed E-state index contributed by atoms with van der Waals surface area (Å²) in [5, 5.41) is 3.61. The van der Waals surface area contributed by atoms with Crippen LogP contribution in [0.25, 0.3) is 0 Å². The lowest BCUT2D eigenvalue weighted by atomic mass is 9.89. The Bertz CT molecular complexity index is 411. The summed E-state index contributed by atoms with van der Waals surface area (Å²) in [4.78, 5) is 0. The van der Waals surface area contributed by atoms with Gasteiger partial charge in [-0.15, -0.1) is 0 Å². The van der Waals surface area contributed by atoms with E-state index in [2.05, 4.69) is 5.32 Å². The Morgan fingerprint density at radius 2 is 1.95 bits per heavy atom. The largest absolute Gasteiger partial charge is 0.375 e. The molecule has 104 valence electrons. The molecular formula is C16H22FNO. The lowest BCUT2D eigenvalue weighted by Gasteiger charge is -2.38. The van der Waals surface area contributed by atoms with Crippen molar-refractivity contribution < 1.29 is 9.13 Å². The van der Waals surface area contributed by atoms with Gasteiger partial charge in [0.05, 0.1) is 5.60 Å². The van der Waals surface area contributed by atoms with E-state index in [1.54, 1.807) is 0 Å². The quantitative estimate of drug-likeness (QED) is 0.902. The summed E-state index contributed by atoms with van der Waals surface area (Å²) >= 11 is 0. The predicted molar refractivity (Wildman–Crippen MR) is 73.4 cm³/mol. The van der Waals surface area contributed by atoms with Crippen molar-refractivity contribution >= 4 is 0 Å². The molecule has 3 heteroatoms. The van der Waals surface area contributed by atoms with Gasteiger partial charge in [-0.3, -0.25) is 0 Å². The first-order valence-electron chi connectivity index (χ1n) is 7.38. The van der Waals surface area contributed by atoms with Gasteiger partial charge in [0.2, 0.25) is 0 Å². The van der Waals surface area contributed by atoms with E-state index >= 15 is 0 Å². The van der Waals surface area contributed by atoms with Crippen molar-refractivity contribution in [2.45, 2.75) is 56.7 Å². The highest BCUT2D eigenvalue weighted by Gasteiger charge is 2.39. The maximum absolute atomic E-state index is 12.8. The van der Waals surface area contributed by atoms with Crippen LogP contribution in [0.1, 0.15) is 44.1 Å². The van der Waals surface area contributed by atoms with Gasteiger partial charge in [-0.1, -0.05) is 25.0 Å². The summed E-state index contributed by atoms with van der Waals surface area (Å²) in [6.07, 6.45) is 7.29. The molecule has 2 nitrogen and oxygen atoms in total. The van der Waals surface area contributed by atoms with Gasteiger partial charge < -0.3 is 10.1 Å². The third kappa shape index (κ3) is 3.15. The molecule has 3 rings (SSSR count). The van der Waals surface area contributed by atoms with Gasteiger partial charge in [-0.25, -0.2) is 4.39 Å². The third-order valence-electron chi connectivity index (χ3n) is 4.52. The summed E-state index contributed by atoms with van der Waals surface area (Å²) in [6, 6.07) is 7.30. The van der Waals surface area contributed by atoms with Crippen molar-refractivity contribution in [1.29, 1.82) is 0 Å². The van der Waals surface area contributed by atoms with Gasteiger partial charge in [0.1, 0.15) is 5.82 Å². The van der Waals surface area contributed by atoms with Crippen LogP contribution >= 0.6 is 0 Å². The molecule has 2 aliphatic rings. The number of halogens is 1. The fraction of sp³-hybridized carbons (Fsp3) is 0.625. The lowest BCUT2D eigenvalue weighted by Crippen LogP contribution is -2.45. The monoisotopic (exact) mass is 263 g/mol. The number of benzene rings is 1. The number of nitrogens with one attached hydrogen (secondary N) is 1. The van der Waals surface area contributed by atoms with E-state index < -0.39 is 0 Å². The zero-order chi connectivity index (χ0) is 13.1. The molecule has 1 aliphatic heterocycles. The first kappa shape index (κ1) is 13.1. The summed E-state index contributed by atoms with van der Waals surface area (Å²) < 4.78 is 18.9. The average molecular weight is 263 g/mol. The van der Waals surface area contributed by atoms with E-state index in [-0.39, 0.29) is 11.4 Å². The minimum Gasteiger partial charge on any atom is -0.375 e. The highest BCUT2D eigenvalue weighted by atomic mass is 19.1. The van der Waals surface area contributed by atoms with Crippen LogP contribution in [0.4, 0.5) is 4.39 Å². The van der Waals surface area contributed by atoms with Gasteiger partial charge in [0.15, 0.2) is 0 Å². The van der Waals surface area contributed by atoms with E-state index in [9.17, 15) is 4.39 Å². The van der Waals surface area contributed by atoms with E-state index in [1.165, 1.54) is 37.8 Å². The molecule has 1 atom stereocenters. The van der Waals surface area contributed by atoms with Gasteiger partial charge >= 0.3 is 0 Å². The smallest absolute Gasteiger partial charge is 0.123 e. The van der Waals surface area contributed by atoms with Crippen LogP contribution in [0.2, 0.25) is 0 Å². The zero-order valence-corrected chi connectivity index (χ0v) is 11.3. The van der Waals surface area contributed by atoms with Gasteiger partial charge in [-0.2, -0.15) is 0 Å². The third-order valence-corrected chi connectivity index (χ3v) is 4.52. The lowest BCUT2D eigenvalue weighted by molar-refractivity contribution is -0.0837. The first-order chi connectivity index (χ1) is 9.26. The van der Waals surface area contributed by atoms with Crippen LogP contribution in [0.15, 0.2) is 24.3 Å². The van der Waals surface area contributed by atoms with Crippen molar-refractivity contribution in [2.75, 3.05) is 6.61 Å². The van der Waals surface area contributed by atoms with Crippen molar-refractivity contribution in [3.05, 3.63) is 35.6 Å².